The Labute approximate surface area is 104 Å². The van der Waals surface area contributed by atoms with Crippen molar-refractivity contribution in [2.45, 2.75) is 31.3 Å². The summed E-state index contributed by atoms with van der Waals surface area (Å²) in [7, 11) is 1.33. The van der Waals surface area contributed by atoms with E-state index in [1.165, 1.54) is 19.2 Å². The summed E-state index contributed by atoms with van der Waals surface area (Å²) in [5.41, 5.74) is 0.529. The van der Waals surface area contributed by atoms with Crippen LogP contribution in [0.3, 0.4) is 0 Å². The number of carbonyl (C=O) groups excluding carboxylic acids is 1. The number of rotatable bonds is 2. The molecule has 0 spiro atoms. The molecular weight excluding hydrogens is 240 g/mol. The van der Waals surface area contributed by atoms with E-state index in [0.29, 0.717) is 12.0 Å². The predicted molar refractivity (Wildman–Crippen MR) is 61.9 cm³/mol. The molecule has 2 rings (SSSR count). The molecule has 1 aromatic rings. The highest BCUT2D eigenvalue weighted by Crippen LogP contribution is 2.27. The minimum Gasteiger partial charge on any atom is -0.468 e. The minimum absolute atomic E-state index is 0.215. The maximum atomic E-state index is 13.1. The van der Waals surface area contributed by atoms with E-state index in [9.17, 15) is 13.6 Å². The predicted octanol–water partition coefficient (Wildman–Crippen LogP) is 2.32. The highest BCUT2D eigenvalue weighted by atomic mass is 19.1. The maximum absolute atomic E-state index is 13.1. The summed E-state index contributed by atoms with van der Waals surface area (Å²) in [4.78, 5) is 11.4. The van der Waals surface area contributed by atoms with Crippen LogP contribution < -0.4 is 5.32 Å². The Balaban J connectivity index is 2.15. The van der Waals surface area contributed by atoms with Crippen LogP contribution in [-0.4, -0.2) is 19.1 Å². The third-order valence-corrected chi connectivity index (χ3v) is 3.16. The molecule has 1 N–H and O–H groups in total. The summed E-state index contributed by atoms with van der Waals surface area (Å²) >= 11 is 0. The van der Waals surface area contributed by atoms with Crippen molar-refractivity contribution >= 4 is 5.97 Å². The van der Waals surface area contributed by atoms with E-state index in [-0.39, 0.29) is 12.0 Å². The van der Waals surface area contributed by atoms with Crippen molar-refractivity contribution in [3.05, 3.63) is 35.4 Å². The van der Waals surface area contributed by atoms with E-state index < -0.39 is 17.7 Å². The van der Waals surface area contributed by atoms with Gasteiger partial charge in [-0.15, -0.1) is 0 Å². The van der Waals surface area contributed by atoms with Gasteiger partial charge in [-0.05, 0) is 37.0 Å². The van der Waals surface area contributed by atoms with Gasteiger partial charge in [0.15, 0.2) is 0 Å². The second kappa shape index (κ2) is 5.44. The fourth-order valence-electron chi connectivity index (χ4n) is 2.30. The number of carbonyl (C=O) groups is 1. The molecule has 3 nitrogen and oxygen atoms in total. The molecule has 1 aliphatic heterocycles. The van der Waals surface area contributed by atoms with Gasteiger partial charge in [0.1, 0.15) is 17.7 Å². The van der Waals surface area contributed by atoms with Crippen LogP contribution in [0.1, 0.15) is 30.9 Å². The average molecular weight is 255 g/mol. The van der Waals surface area contributed by atoms with E-state index in [1.807, 2.05) is 0 Å². The smallest absolute Gasteiger partial charge is 0.322 e. The lowest BCUT2D eigenvalue weighted by Gasteiger charge is -2.29. The van der Waals surface area contributed by atoms with Gasteiger partial charge in [-0.1, -0.05) is 0 Å². The lowest BCUT2D eigenvalue weighted by molar-refractivity contribution is -0.144. The van der Waals surface area contributed by atoms with Crippen LogP contribution in [0.15, 0.2) is 18.2 Å². The molecule has 18 heavy (non-hydrogen) atoms. The third kappa shape index (κ3) is 2.85. The van der Waals surface area contributed by atoms with Crippen LogP contribution in [0.4, 0.5) is 8.78 Å². The first-order valence-corrected chi connectivity index (χ1v) is 5.90. The lowest BCUT2D eigenvalue weighted by atomic mass is 9.93. The van der Waals surface area contributed by atoms with E-state index in [0.717, 1.165) is 18.9 Å². The lowest BCUT2D eigenvalue weighted by Crippen LogP contribution is -2.43. The molecule has 1 heterocycles. The maximum Gasteiger partial charge on any atom is 0.322 e. The number of piperidine rings is 1. The molecule has 0 radical (unpaired) electrons. The van der Waals surface area contributed by atoms with Crippen molar-refractivity contribution in [2.75, 3.05) is 7.11 Å². The number of benzene rings is 1. The topological polar surface area (TPSA) is 38.3 Å². The van der Waals surface area contributed by atoms with Crippen LogP contribution in [-0.2, 0) is 9.53 Å². The van der Waals surface area contributed by atoms with Gasteiger partial charge in [0.05, 0.1) is 7.11 Å². The van der Waals surface area contributed by atoms with Crippen LogP contribution in [0.25, 0.3) is 0 Å². The van der Waals surface area contributed by atoms with Crippen molar-refractivity contribution in [2.24, 2.45) is 0 Å². The van der Waals surface area contributed by atoms with Crippen molar-refractivity contribution in [1.82, 2.24) is 5.32 Å². The Morgan fingerprint density at radius 1 is 1.28 bits per heavy atom. The summed E-state index contributed by atoms with van der Waals surface area (Å²) in [5, 5.41) is 3.07. The number of nitrogens with one attached hydrogen (secondary N) is 1. The Bertz CT molecular complexity index is 430. The fourth-order valence-corrected chi connectivity index (χ4v) is 2.30. The quantitative estimate of drug-likeness (QED) is 0.824. The van der Waals surface area contributed by atoms with Crippen LogP contribution in [0.5, 0.6) is 0 Å². The Kier molecular flexibility index (Phi) is 3.91. The second-order valence-electron chi connectivity index (χ2n) is 4.43. The highest BCUT2D eigenvalue weighted by molar-refractivity contribution is 5.75. The monoisotopic (exact) mass is 255 g/mol. The van der Waals surface area contributed by atoms with E-state index in [1.54, 1.807) is 0 Å². The summed E-state index contributed by atoms with van der Waals surface area (Å²) in [6, 6.07) is 2.80. The average Bonchev–Trinajstić information content (AvgIpc) is 2.37. The Hall–Kier alpha value is -1.49. The van der Waals surface area contributed by atoms with Crippen LogP contribution in [0, 0.1) is 11.6 Å². The van der Waals surface area contributed by atoms with Gasteiger partial charge in [0.25, 0.3) is 0 Å². The molecule has 0 amide bonds. The van der Waals surface area contributed by atoms with Crippen molar-refractivity contribution in [3.8, 4) is 0 Å². The summed E-state index contributed by atoms with van der Waals surface area (Å²) in [6.45, 7) is 0. The van der Waals surface area contributed by atoms with Gasteiger partial charge >= 0.3 is 5.97 Å². The van der Waals surface area contributed by atoms with Gasteiger partial charge in [-0.3, -0.25) is 10.1 Å². The van der Waals surface area contributed by atoms with Crippen LogP contribution >= 0.6 is 0 Å². The van der Waals surface area contributed by atoms with E-state index in [2.05, 4.69) is 10.1 Å². The Morgan fingerprint density at radius 3 is 2.56 bits per heavy atom. The molecule has 0 aliphatic carbocycles. The fraction of sp³-hybridized carbons (Fsp3) is 0.462. The number of esters is 1. The van der Waals surface area contributed by atoms with Gasteiger partial charge in [0, 0.05) is 12.1 Å². The van der Waals surface area contributed by atoms with E-state index in [4.69, 9.17) is 0 Å². The molecular formula is C13H15F2NO2. The largest absolute Gasteiger partial charge is 0.468 e. The zero-order valence-corrected chi connectivity index (χ0v) is 10.1. The molecule has 1 aromatic carbocycles. The zero-order valence-electron chi connectivity index (χ0n) is 10.1. The first-order chi connectivity index (χ1) is 8.60. The van der Waals surface area contributed by atoms with Gasteiger partial charge in [0.2, 0.25) is 0 Å². The van der Waals surface area contributed by atoms with Crippen molar-refractivity contribution in [1.29, 1.82) is 0 Å². The summed E-state index contributed by atoms with van der Waals surface area (Å²) in [5.74, 6) is -1.55. The first-order valence-electron chi connectivity index (χ1n) is 5.90. The number of methoxy groups -OCH3 is 1. The molecule has 98 valence electrons. The van der Waals surface area contributed by atoms with Crippen molar-refractivity contribution < 1.29 is 18.3 Å². The summed E-state index contributed by atoms with van der Waals surface area (Å²) < 4.78 is 31.0. The van der Waals surface area contributed by atoms with Gasteiger partial charge in [-0.25, -0.2) is 8.78 Å². The van der Waals surface area contributed by atoms with Crippen LogP contribution in [0.2, 0.25) is 0 Å². The molecule has 2 atom stereocenters. The Morgan fingerprint density at radius 2 is 1.94 bits per heavy atom. The van der Waals surface area contributed by atoms with Gasteiger partial charge < -0.3 is 4.74 Å². The number of hydrogen-bond acceptors (Lipinski definition) is 3. The molecule has 5 heteroatoms. The summed E-state index contributed by atoms with van der Waals surface area (Å²) in [6.07, 6.45) is 2.24. The number of hydrogen-bond donors (Lipinski definition) is 1. The molecule has 0 saturated carbocycles. The SMILES string of the molecule is COC(=O)[C@H]1CCC[C@@H](c2cc(F)cc(F)c2)N1. The molecule has 1 fully saturated rings. The standard InChI is InChI=1S/C13H15F2NO2/c1-18-13(17)12-4-2-3-11(16-12)8-5-9(14)7-10(15)6-8/h5-7,11-12,16H,2-4H2,1H3/t11-,12+/m0/s1. The second-order valence-corrected chi connectivity index (χ2v) is 4.43. The highest BCUT2D eigenvalue weighted by Gasteiger charge is 2.28. The number of halogens is 2. The molecule has 1 saturated heterocycles. The minimum atomic E-state index is -0.605. The molecule has 0 aromatic heterocycles. The molecule has 0 unspecified atom stereocenters. The van der Waals surface area contributed by atoms with E-state index >= 15 is 0 Å². The van der Waals surface area contributed by atoms with Crippen molar-refractivity contribution in [3.63, 3.8) is 0 Å². The molecule has 0 bridgehead atoms. The number of ether oxygens (including phenoxy) is 1. The third-order valence-electron chi connectivity index (χ3n) is 3.16. The van der Waals surface area contributed by atoms with Gasteiger partial charge in [-0.2, -0.15) is 0 Å². The zero-order chi connectivity index (χ0) is 13.1. The molecule has 1 aliphatic rings. The normalized spacial score (nSPS) is 23.7. The first kappa shape index (κ1) is 13.0.